The van der Waals surface area contributed by atoms with E-state index >= 15 is 0 Å². The summed E-state index contributed by atoms with van der Waals surface area (Å²) in [5, 5.41) is 0.193. The predicted molar refractivity (Wildman–Crippen MR) is 113 cm³/mol. The maximum Gasteiger partial charge on any atom is 0.204 e. The van der Waals surface area contributed by atoms with E-state index in [0.717, 1.165) is 33.6 Å². The van der Waals surface area contributed by atoms with Crippen molar-refractivity contribution >= 4 is 14.1 Å². The second kappa shape index (κ2) is 6.92. The Bertz CT molecular complexity index is 891. The maximum atomic E-state index is 12.2. The summed E-state index contributed by atoms with van der Waals surface area (Å²) in [6.45, 7) is 16.2. The Kier molecular flexibility index (Phi) is 5.08. The fourth-order valence-electron chi connectivity index (χ4n) is 3.36. The zero-order chi connectivity index (χ0) is 20.0. The summed E-state index contributed by atoms with van der Waals surface area (Å²) in [4.78, 5) is 12.2. The molecule has 0 radical (unpaired) electrons. The van der Waals surface area contributed by atoms with E-state index in [1.54, 1.807) is 0 Å². The Morgan fingerprint density at radius 3 is 2.48 bits per heavy atom. The number of Topliss-reactive ketones (excluding diaryl/α,β-unsaturated/α-hetero) is 1. The number of ether oxygens (including phenoxy) is 1. The van der Waals surface area contributed by atoms with E-state index < -0.39 is 8.32 Å². The Labute approximate surface area is 163 Å². The van der Waals surface area contributed by atoms with Crippen LogP contribution in [0, 0.1) is 13.8 Å². The maximum absolute atomic E-state index is 12.2. The van der Waals surface area contributed by atoms with Crippen LogP contribution in [-0.4, -0.2) is 20.7 Å². The largest absolute Gasteiger partial charge is 0.485 e. The van der Waals surface area contributed by atoms with Gasteiger partial charge in [-0.25, -0.2) is 0 Å². The molecule has 0 saturated heterocycles. The van der Waals surface area contributed by atoms with Crippen LogP contribution in [0.1, 0.15) is 47.8 Å². The molecule has 2 aromatic carbocycles. The molecule has 0 amide bonds. The third-order valence-corrected chi connectivity index (χ3v) is 10.5. The minimum absolute atomic E-state index is 0.0705. The molecule has 2 aromatic rings. The summed E-state index contributed by atoms with van der Waals surface area (Å²) in [5.74, 6) is 0.789. The molecule has 1 aliphatic rings. The topological polar surface area (TPSA) is 35.5 Å². The van der Waals surface area contributed by atoms with E-state index in [1.165, 1.54) is 5.56 Å². The molecule has 0 fully saturated rings. The molecule has 144 valence electrons. The first-order valence-corrected chi connectivity index (χ1v) is 12.5. The lowest BCUT2D eigenvalue weighted by atomic mass is 9.90. The average Bonchev–Trinajstić information content (AvgIpc) is 2.93. The van der Waals surface area contributed by atoms with Crippen molar-refractivity contribution in [3.8, 4) is 16.9 Å². The summed E-state index contributed by atoms with van der Waals surface area (Å²) in [6, 6.07) is 10.5. The van der Waals surface area contributed by atoms with Gasteiger partial charge < -0.3 is 9.16 Å². The molecule has 0 aliphatic carbocycles. The molecule has 4 heteroatoms. The second-order valence-corrected chi connectivity index (χ2v) is 13.8. The van der Waals surface area contributed by atoms with Crippen molar-refractivity contribution in [1.82, 2.24) is 0 Å². The van der Waals surface area contributed by atoms with Crippen molar-refractivity contribution in [3.63, 3.8) is 0 Å². The van der Waals surface area contributed by atoms with Gasteiger partial charge >= 0.3 is 0 Å². The molecule has 0 atom stereocenters. The quantitative estimate of drug-likeness (QED) is 0.602. The van der Waals surface area contributed by atoms with E-state index in [0.29, 0.717) is 6.61 Å². The number of carbonyl (C=O) groups excluding carboxylic acids is 1. The monoisotopic (exact) mass is 382 g/mol. The van der Waals surface area contributed by atoms with Crippen LogP contribution >= 0.6 is 0 Å². The van der Waals surface area contributed by atoms with Gasteiger partial charge in [0.15, 0.2) is 14.9 Å². The molecule has 0 N–H and O–H groups in total. The smallest absolute Gasteiger partial charge is 0.204 e. The SMILES string of the molecule is Cc1cc2c(c(C)c1-c1cccc(CO[Si](C)(C)C(C)(C)C)c1)C(=O)CO2. The second-order valence-electron chi connectivity index (χ2n) is 9.03. The summed E-state index contributed by atoms with van der Waals surface area (Å²) in [5.41, 5.74) is 6.29. The van der Waals surface area contributed by atoms with Gasteiger partial charge in [0.25, 0.3) is 0 Å². The lowest BCUT2D eigenvalue weighted by molar-refractivity contribution is 0.0961. The minimum Gasteiger partial charge on any atom is -0.485 e. The molecular weight excluding hydrogens is 352 g/mol. The Morgan fingerprint density at radius 2 is 1.81 bits per heavy atom. The summed E-state index contributed by atoms with van der Waals surface area (Å²) >= 11 is 0. The van der Waals surface area contributed by atoms with Crippen molar-refractivity contribution in [2.75, 3.05) is 6.61 Å². The fourth-order valence-corrected chi connectivity index (χ4v) is 4.32. The number of rotatable bonds is 4. The third kappa shape index (κ3) is 3.74. The molecule has 27 heavy (non-hydrogen) atoms. The summed E-state index contributed by atoms with van der Waals surface area (Å²) in [7, 11) is -1.79. The summed E-state index contributed by atoms with van der Waals surface area (Å²) < 4.78 is 11.9. The van der Waals surface area contributed by atoms with E-state index in [9.17, 15) is 4.79 Å². The van der Waals surface area contributed by atoms with Gasteiger partial charge in [0.1, 0.15) is 5.75 Å². The van der Waals surface area contributed by atoms with Gasteiger partial charge in [0.05, 0.1) is 12.2 Å². The number of hydrogen-bond donors (Lipinski definition) is 0. The van der Waals surface area contributed by atoms with Crippen molar-refractivity contribution in [3.05, 3.63) is 52.6 Å². The van der Waals surface area contributed by atoms with Gasteiger partial charge in [-0.3, -0.25) is 4.79 Å². The number of fused-ring (bicyclic) bond motifs is 1. The Balaban J connectivity index is 1.93. The number of benzene rings is 2. The summed E-state index contributed by atoms with van der Waals surface area (Å²) in [6.07, 6.45) is 0. The van der Waals surface area contributed by atoms with Crippen LogP contribution in [0.3, 0.4) is 0 Å². The van der Waals surface area contributed by atoms with Crippen molar-refractivity contribution in [2.24, 2.45) is 0 Å². The highest BCUT2D eigenvalue weighted by molar-refractivity contribution is 6.74. The van der Waals surface area contributed by atoms with E-state index in [2.05, 4.69) is 65.1 Å². The van der Waals surface area contributed by atoms with Gasteiger partial charge in [0.2, 0.25) is 5.78 Å². The molecule has 0 spiro atoms. The number of ketones is 1. The average molecular weight is 383 g/mol. The van der Waals surface area contributed by atoms with Gasteiger partial charge in [-0.05, 0) is 71.9 Å². The molecule has 3 nitrogen and oxygen atoms in total. The highest BCUT2D eigenvalue weighted by Gasteiger charge is 2.37. The van der Waals surface area contributed by atoms with Crippen LogP contribution in [0.4, 0.5) is 0 Å². The first kappa shape index (κ1) is 19.8. The molecular formula is C23H30O3Si. The number of hydrogen-bond acceptors (Lipinski definition) is 3. The molecule has 0 bridgehead atoms. The normalized spacial score (nSPS) is 14.3. The molecule has 1 heterocycles. The lowest BCUT2D eigenvalue weighted by Gasteiger charge is -2.36. The molecule has 0 unspecified atom stereocenters. The van der Waals surface area contributed by atoms with Crippen molar-refractivity contribution in [1.29, 1.82) is 0 Å². The van der Waals surface area contributed by atoms with Crippen molar-refractivity contribution < 1.29 is 14.0 Å². The Hall–Kier alpha value is -1.91. The van der Waals surface area contributed by atoms with Crippen LogP contribution in [0.25, 0.3) is 11.1 Å². The predicted octanol–water partition coefficient (Wildman–Crippen LogP) is 6.07. The standard InChI is InChI=1S/C23H30O3Si/c1-15-11-20-22(19(24)14-25-20)16(2)21(15)18-10-8-9-17(12-18)13-26-27(6,7)23(3,4)5/h8-12H,13-14H2,1-7H3. The molecule has 0 saturated carbocycles. The highest BCUT2D eigenvalue weighted by Crippen LogP contribution is 2.39. The first-order chi connectivity index (χ1) is 12.5. The minimum atomic E-state index is -1.79. The van der Waals surface area contributed by atoms with Gasteiger partial charge in [-0.1, -0.05) is 39.0 Å². The number of aryl methyl sites for hydroxylation is 1. The third-order valence-electron chi connectivity index (χ3n) is 6.00. The van der Waals surface area contributed by atoms with Crippen LogP contribution in [-0.2, 0) is 11.0 Å². The van der Waals surface area contributed by atoms with Crippen molar-refractivity contribution in [2.45, 2.75) is 59.4 Å². The van der Waals surface area contributed by atoms with E-state index in [-0.39, 0.29) is 17.4 Å². The van der Waals surface area contributed by atoms with Gasteiger partial charge in [-0.2, -0.15) is 0 Å². The highest BCUT2D eigenvalue weighted by atomic mass is 28.4. The van der Waals surface area contributed by atoms with E-state index in [1.807, 2.05) is 13.0 Å². The van der Waals surface area contributed by atoms with Crippen LogP contribution in [0.15, 0.2) is 30.3 Å². The molecule has 1 aliphatic heterocycles. The van der Waals surface area contributed by atoms with Gasteiger partial charge in [0, 0.05) is 0 Å². The van der Waals surface area contributed by atoms with E-state index in [4.69, 9.17) is 9.16 Å². The lowest BCUT2D eigenvalue weighted by Crippen LogP contribution is -2.40. The first-order valence-electron chi connectivity index (χ1n) is 9.55. The van der Waals surface area contributed by atoms with Crippen LogP contribution < -0.4 is 4.74 Å². The molecule has 3 rings (SSSR count). The Morgan fingerprint density at radius 1 is 1.11 bits per heavy atom. The van der Waals surface area contributed by atoms with Crippen LogP contribution in [0.5, 0.6) is 5.75 Å². The molecule has 0 aromatic heterocycles. The van der Waals surface area contributed by atoms with Crippen LogP contribution in [0.2, 0.25) is 18.1 Å². The number of carbonyl (C=O) groups is 1. The zero-order valence-electron chi connectivity index (χ0n) is 17.5. The fraction of sp³-hybridized carbons (Fsp3) is 0.435. The van der Waals surface area contributed by atoms with Gasteiger partial charge in [-0.15, -0.1) is 0 Å². The zero-order valence-corrected chi connectivity index (χ0v) is 18.5.